The molecule has 120 valence electrons. The number of methoxy groups -OCH3 is 2. The Balaban J connectivity index is 2.06. The van der Waals surface area contributed by atoms with Crippen LogP contribution in [0.2, 0.25) is 0 Å². The number of nitrogens with one attached hydrogen (secondary N) is 1. The van der Waals surface area contributed by atoms with E-state index in [0.29, 0.717) is 28.3 Å². The Bertz CT molecular complexity index is 763. The number of rotatable bonds is 3. The Morgan fingerprint density at radius 1 is 1.13 bits per heavy atom. The van der Waals surface area contributed by atoms with Crippen LogP contribution in [0.3, 0.4) is 0 Å². The van der Waals surface area contributed by atoms with E-state index in [2.05, 4.69) is 5.32 Å². The van der Waals surface area contributed by atoms with Crippen LogP contribution in [0, 0.1) is 5.82 Å². The number of hydrogen-bond donors (Lipinski definition) is 1. The molecule has 0 bridgehead atoms. The molecule has 5 nitrogen and oxygen atoms in total. The predicted molar refractivity (Wildman–Crippen MR) is 84.4 cm³/mol. The van der Waals surface area contributed by atoms with E-state index in [4.69, 9.17) is 9.47 Å². The highest BCUT2D eigenvalue weighted by molar-refractivity contribution is 6.02. The lowest BCUT2D eigenvalue weighted by Crippen LogP contribution is -2.40. The smallest absolute Gasteiger partial charge is 0.257 e. The van der Waals surface area contributed by atoms with Crippen LogP contribution in [0.1, 0.15) is 22.1 Å². The van der Waals surface area contributed by atoms with Gasteiger partial charge in [0.15, 0.2) is 11.5 Å². The Hall–Kier alpha value is -2.76. The molecule has 2 aromatic rings. The number of halogens is 1. The van der Waals surface area contributed by atoms with Crippen LogP contribution in [-0.2, 0) is 0 Å². The van der Waals surface area contributed by atoms with Gasteiger partial charge in [-0.25, -0.2) is 4.39 Å². The van der Waals surface area contributed by atoms with Crippen LogP contribution in [0.25, 0.3) is 0 Å². The molecule has 3 rings (SSSR count). The molecule has 0 aromatic heterocycles. The lowest BCUT2D eigenvalue weighted by molar-refractivity contribution is 0.0734. The summed E-state index contributed by atoms with van der Waals surface area (Å²) in [5.41, 5.74) is 1.78. The van der Waals surface area contributed by atoms with Gasteiger partial charge in [-0.05, 0) is 23.8 Å². The highest BCUT2D eigenvalue weighted by atomic mass is 19.1. The van der Waals surface area contributed by atoms with Gasteiger partial charge in [-0.15, -0.1) is 0 Å². The van der Waals surface area contributed by atoms with Gasteiger partial charge in [0.05, 0.1) is 25.5 Å². The van der Waals surface area contributed by atoms with Crippen molar-refractivity contribution in [2.45, 2.75) is 6.17 Å². The van der Waals surface area contributed by atoms with Crippen molar-refractivity contribution in [2.75, 3.05) is 26.6 Å². The van der Waals surface area contributed by atoms with Crippen molar-refractivity contribution < 1.29 is 18.7 Å². The van der Waals surface area contributed by atoms with E-state index in [9.17, 15) is 9.18 Å². The molecular formula is C17H17FN2O3. The summed E-state index contributed by atoms with van der Waals surface area (Å²) in [6.45, 7) is 0. The van der Waals surface area contributed by atoms with Gasteiger partial charge >= 0.3 is 0 Å². The summed E-state index contributed by atoms with van der Waals surface area (Å²) < 4.78 is 24.0. The molecule has 1 heterocycles. The van der Waals surface area contributed by atoms with Crippen LogP contribution in [-0.4, -0.2) is 32.1 Å². The van der Waals surface area contributed by atoms with Gasteiger partial charge in [0.2, 0.25) is 0 Å². The summed E-state index contributed by atoms with van der Waals surface area (Å²) in [6.07, 6.45) is -0.455. The second-order valence-corrected chi connectivity index (χ2v) is 5.27. The molecule has 23 heavy (non-hydrogen) atoms. The molecule has 0 unspecified atom stereocenters. The number of carbonyl (C=O) groups is 1. The van der Waals surface area contributed by atoms with Crippen molar-refractivity contribution in [1.82, 2.24) is 4.90 Å². The number of benzene rings is 2. The third-order valence-corrected chi connectivity index (χ3v) is 3.92. The molecule has 6 heteroatoms. The van der Waals surface area contributed by atoms with Gasteiger partial charge < -0.3 is 19.7 Å². The predicted octanol–water partition coefficient (Wildman–Crippen LogP) is 3.04. The first-order valence-corrected chi connectivity index (χ1v) is 7.10. The van der Waals surface area contributed by atoms with E-state index in [1.54, 1.807) is 31.3 Å². The average Bonchev–Trinajstić information content (AvgIpc) is 2.57. The van der Waals surface area contributed by atoms with E-state index >= 15 is 0 Å². The third-order valence-electron chi connectivity index (χ3n) is 3.92. The quantitative estimate of drug-likeness (QED) is 0.945. The minimum Gasteiger partial charge on any atom is -0.493 e. The van der Waals surface area contributed by atoms with Crippen molar-refractivity contribution in [2.24, 2.45) is 0 Å². The zero-order chi connectivity index (χ0) is 16.6. The Kier molecular flexibility index (Phi) is 3.82. The number of ether oxygens (including phenoxy) is 2. The van der Waals surface area contributed by atoms with Gasteiger partial charge in [-0.1, -0.05) is 12.1 Å². The summed E-state index contributed by atoms with van der Waals surface area (Å²) in [7, 11) is 4.72. The maximum absolute atomic E-state index is 13.5. The number of anilines is 1. The highest BCUT2D eigenvalue weighted by Gasteiger charge is 2.31. The normalized spacial score (nSPS) is 16.6. The zero-order valence-electron chi connectivity index (χ0n) is 13.1. The molecule has 1 atom stereocenters. The Labute approximate surface area is 133 Å². The average molecular weight is 316 g/mol. The summed E-state index contributed by atoms with van der Waals surface area (Å²) >= 11 is 0. The third kappa shape index (κ3) is 2.56. The molecule has 1 amide bonds. The standard InChI is InChI=1S/C17H17FN2O3/c1-20-16(10-5-4-6-11(18)7-10)19-13-9-15(23-3)14(22-2)8-12(13)17(20)21/h4-9,16,19H,1-3H3/t16-/m0/s1. The van der Waals surface area contributed by atoms with Crippen LogP contribution in [0.5, 0.6) is 11.5 Å². The van der Waals surface area contributed by atoms with Crippen LogP contribution in [0.15, 0.2) is 36.4 Å². The van der Waals surface area contributed by atoms with Crippen molar-refractivity contribution in [3.63, 3.8) is 0 Å². The van der Waals surface area contributed by atoms with Gasteiger partial charge in [0, 0.05) is 13.1 Å². The van der Waals surface area contributed by atoms with Crippen molar-refractivity contribution >= 4 is 11.6 Å². The fraction of sp³-hybridized carbons (Fsp3) is 0.235. The van der Waals surface area contributed by atoms with Gasteiger partial charge in [0.25, 0.3) is 5.91 Å². The molecule has 0 radical (unpaired) electrons. The van der Waals surface area contributed by atoms with E-state index in [0.717, 1.165) is 0 Å². The van der Waals surface area contributed by atoms with Gasteiger partial charge in [-0.2, -0.15) is 0 Å². The molecule has 2 aromatic carbocycles. The van der Waals surface area contributed by atoms with E-state index in [-0.39, 0.29) is 11.7 Å². The van der Waals surface area contributed by atoms with E-state index in [1.807, 2.05) is 0 Å². The first kappa shape index (κ1) is 15.1. The second kappa shape index (κ2) is 5.79. The van der Waals surface area contributed by atoms with Crippen LogP contribution >= 0.6 is 0 Å². The summed E-state index contributed by atoms with van der Waals surface area (Å²) in [6, 6.07) is 9.53. The zero-order valence-corrected chi connectivity index (χ0v) is 13.1. The van der Waals surface area contributed by atoms with Crippen molar-refractivity contribution in [1.29, 1.82) is 0 Å². The first-order chi connectivity index (χ1) is 11.0. The summed E-state index contributed by atoms with van der Waals surface area (Å²) in [5.74, 6) is 0.491. The molecule has 0 aliphatic carbocycles. The topological polar surface area (TPSA) is 50.8 Å². The molecule has 0 saturated heterocycles. The fourth-order valence-corrected chi connectivity index (χ4v) is 2.71. The first-order valence-electron chi connectivity index (χ1n) is 7.10. The number of hydrogen-bond acceptors (Lipinski definition) is 4. The van der Waals surface area contributed by atoms with Gasteiger partial charge in [-0.3, -0.25) is 4.79 Å². The Morgan fingerprint density at radius 2 is 1.83 bits per heavy atom. The minimum atomic E-state index is -0.455. The van der Waals surface area contributed by atoms with Gasteiger partial charge in [0.1, 0.15) is 12.0 Å². The van der Waals surface area contributed by atoms with E-state index < -0.39 is 6.17 Å². The molecule has 1 aliphatic heterocycles. The largest absolute Gasteiger partial charge is 0.493 e. The summed E-state index contributed by atoms with van der Waals surface area (Å²) in [4.78, 5) is 14.2. The number of nitrogens with zero attached hydrogens (tertiary/aromatic N) is 1. The highest BCUT2D eigenvalue weighted by Crippen LogP contribution is 2.39. The van der Waals surface area contributed by atoms with Crippen LogP contribution < -0.4 is 14.8 Å². The number of amides is 1. The van der Waals surface area contributed by atoms with Crippen molar-refractivity contribution in [3.05, 3.63) is 53.3 Å². The maximum Gasteiger partial charge on any atom is 0.257 e. The summed E-state index contributed by atoms with van der Waals surface area (Å²) in [5, 5.41) is 3.25. The molecule has 0 spiro atoms. The van der Waals surface area contributed by atoms with Crippen LogP contribution in [0.4, 0.5) is 10.1 Å². The lowest BCUT2D eigenvalue weighted by Gasteiger charge is -2.36. The fourth-order valence-electron chi connectivity index (χ4n) is 2.71. The second-order valence-electron chi connectivity index (χ2n) is 5.27. The van der Waals surface area contributed by atoms with E-state index in [1.165, 1.54) is 31.3 Å². The monoisotopic (exact) mass is 316 g/mol. The molecular weight excluding hydrogens is 299 g/mol. The lowest BCUT2D eigenvalue weighted by atomic mass is 10.0. The Morgan fingerprint density at radius 3 is 2.48 bits per heavy atom. The maximum atomic E-state index is 13.5. The molecule has 0 saturated carbocycles. The molecule has 1 N–H and O–H groups in total. The number of fused-ring (bicyclic) bond motifs is 1. The molecule has 1 aliphatic rings. The minimum absolute atomic E-state index is 0.172. The molecule has 0 fully saturated rings. The van der Waals surface area contributed by atoms with Crippen molar-refractivity contribution in [3.8, 4) is 11.5 Å². The SMILES string of the molecule is COc1cc2c(cc1OC)C(=O)N(C)[C@@H](c1cccc(F)c1)N2. The number of carbonyl (C=O) groups excluding carboxylic acids is 1.